The van der Waals surface area contributed by atoms with Crippen molar-refractivity contribution in [1.82, 2.24) is 25.0 Å². The highest BCUT2D eigenvalue weighted by molar-refractivity contribution is 7.98. The molecule has 1 aromatic carbocycles. The Kier molecular flexibility index (Phi) is 4.77. The Morgan fingerprint density at radius 2 is 2.08 bits per heavy atom. The Morgan fingerprint density at radius 3 is 2.75 bits per heavy atom. The SMILES string of the molecule is Cc1ccc(-n2nnc(C(=O)O)c2CSc2ncccn2)cc1Cl. The highest BCUT2D eigenvalue weighted by Gasteiger charge is 2.20. The predicted octanol–water partition coefficient (Wildman–Crippen LogP) is 3.01. The van der Waals surface area contributed by atoms with E-state index in [1.165, 1.54) is 16.4 Å². The van der Waals surface area contributed by atoms with Crippen LogP contribution < -0.4 is 0 Å². The molecule has 3 rings (SSSR count). The molecule has 9 heteroatoms. The van der Waals surface area contributed by atoms with E-state index in [2.05, 4.69) is 20.3 Å². The number of aromatic carboxylic acids is 1. The van der Waals surface area contributed by atoms with Crippen molar-refractivity contribution in [1.29, 1.82) is 0 Å². The van der Waals surface area contributed by atoms with Crippen molar-refractivity contribution in [3.8, 4) is 5.69 Å². The van der Waals surface area contributed by atoms with Gasteiger partial charge in [0.05, 0.1) is 11.4 Å². The smallest absolute Gasteiger partial charge is 0.358 e. The molecule has 0 saturated carbocycles. The number of benzene rings is 1. The van der Waals surface area contributed by atoms with Crippen molar-refractivity contribution in [3.05, 3.63) is 58.6 Å². The number of aromatic nitrogens is 5. The van der Waals surface area contributed by atoms with Gasteiger partial charge in [0.25, 0.3) is 0 Å². The van der Waals surface area contributed by atoms with Crippen LogP contribution in [-0.2, 0) is 5.75 Å². The lowest BCUT2D eigenvalue weighted by Crippen LogP contribution is -2.06. The number of hydrogen-bond donors (Lipinski definition) is 1. The summed E-state index contributed by atoms with van der Waals surface area (Å²) in [5.74, 6) is -0.825. The van der Waals surface area contributed by atoms with Gasteiger partial charge in [0.2, 0.25) is 0 Å². The molecule has 3 aromatic rings. The number of thioether (sulfide) groups is 1. The van der Waals surface area contributed by atoms with Gasteiger partial charge in [-0.05, 0) is 30.7 Å². The van der Waals surface area contributed by atoms with E-state index in [1.54, 1.807) is 24.5 Å². The maximum Gasteiger partial charge on any atom is 0.358 e. The number of halogens is 1. The number of carbonyl (C=O) groups is 1. The first-order valence-electron chi connectivity index (χ1n) is 6.90. The normalized spacial score (nSPS) is 10.8. The molecule has 24 heavy (non-hydrogen) atoms. The van der Waals surface area contributed by atoms with Gasteiger partial charge in [-0.1, -0.05) is 34.6 Å². The Morgan fingerprint density at radius 1 is 1.33 bits per heavy atom. The van der Waals surface area contributed by atoms with E-state index in [4.69, 9.17) is 11.6 Å². The lowest BCUT2D eigenvalue weighted by atomic mass is 10.2. The Hall–Kier alpha value is -2.45. The molecule has 0 aliphatic heterocycles. The summed E-state index contributed by atoms with van der Waals surface area (Å²) >= 11 is 7.46. The molecule has 0 radical (unpaired) electrons. The van der Waals surface area contributed by atoms with Crippen LogP contribution in [-0.4, -0.2) is 36.0 Å². The Labute approximate surface area is 146 Å². The largest absolute Gasteiger partial charge is 0.476 e. The van der Waals surface area contributed by atoms with Crippen LogP contribution in [0, 0.1) is 6.92 Å². The molecule has 0 fully saturated rings. The maximum atomic E-state index is 11.4. The second-order valence-corrected chi connectivity index (χ2v) is 6.20. The molecular formula is C15H12ClN5O2S. The zero-order valence-corrected chi connectivity index (χ0v) is 14.1. The summed E-state index contributed by atoms with van der Waals surface area (Å²) < 4.78 is 1.48. The van der Waals surface area contributed by atoms with Crippen molar-refractivity contribution in [2.45, 2.75) is 17.8 Å². The van der Waals surface area contributed by atoms with E-state index in [0.717, 1.165) is 5.56 Å². The van der Waals surface area contributed by atoms with Crippen molar-refractivity contribution in [2.75, 3.05) is 0 Å². The minimum atomic E-state index is -1.14. The summed E-state index contributed by atoms with van der Waals surface area (Å²) in [4.78, 5) is 19.6. The molecule has 122 valence electrons. The molecule has 0 spiro atoms. The average Bonchev–Trinajstić information content (AvgIpc) is 3.00. The van der Waals surface area contributed by atoms with E-state index >= 15 is 0 Å². The molecule has 0 atom stereocenters. The summed E-state index contributed by atoms with van der Waals surface area (Å²) in [7, 11) is 0. The van der Waals surface area contributed by atoms with Crippen LogP contribution in [0.3, 0.4) is 0 Å². The van der Waals surface area contributed by atoms with Crippen molar-refractivity contribution >= 4 is 29.3 Å². The molecule has 2 heterocycles. The lowest BCUT2D eigenvalue weighted by molar-refractivity contribution is 0.0689. The van der Waals surface area contributed by atoms with Crippen LogP contribution in [0.5, 0.6) is 0 Å². The van der Waals surface area contributed by atoms with E-state index in [1.807, 2.05) is 19.1 Å². The molecular weight excluding hydrogens is 350 g/mol. The molecule has 7 nitrogen and oxygen atoms in total. The predicted molar refractivity (Wildman–Crippen MR) is 89.7 cm³/mol. The highest BCUT2D eigenvalue weighted by Crippen LogP contribution is 2.25. The number of nitrogens with zero attached hydrogens (tertiary/aromatic N) is 5. The minimum absolute atomic E-state index is 0.102. The van der Waals surface area contributed by atoms with Gasteiger partial charge in [0.15, 0.2) is 10.9 Å². The van der Waals surface area contributed by atoms with E-state index in [0.29, 0.717) is 27.3 Å². The fourth-order valence-electron chi connectivity index (χ4n) is 2.01. The number of aryl methyl sites for hydroxylation is 1. The standard InChI is InChI=1S/C15H12ClN5O2S/c1-9-3-4-10(7-11(9)16)21-12(13(14(22)23)19-20-21)8-24-15-17-5-2-6-18-15/h2-7H,8H2,1H3,(H,22,23). The van der Waals surface area contributed by atoms with Crippen LogP contribution in [0.2, 0.25) is 5.02 Å². The quantitative estimate of drug-likeness (QED) is 0.551. The zero-order chi connectivity index (χ0) is 17.1. The molecule has 0 aliphatic carbocycles. The van der Waals surface area contributed by atoms with Gasteiger partial charge < -0.3 is 5.11 Å². The van der Waals surface area contributed by atoms with Crippen LogP contribution >= 0.6 is 23.4 Å². The third kappa shape index (κ3) is 3.39. The van der Waals surface area contributed by atoms with Gasteiger partial charge in [-0.2, -0.15) is 0 Å². The van der Waals surface area contributed by atoms with Gasteiger partial charge in [-0.25, -0.2) is 19.4 Å². The van der Waals surface area contributed by atoms with Gasteiger partial charge in [0, 0.05) is 23.2 Å². The first kappa shape index (κ1) is 16.4. The van der Waals surface area contributed by atoms with Crippen LogP contribution in [0.1, 0.15) is 21.7 Å². The number of rotatable bonds is 5. The molecule has 0 unspecified atom stereocenters. The first-order chi connectivity index (χ1) is 11.6. The van der Waals surface area contributed by atoms with Crippen LogP contribution in [0.25, 0.3) is 5.69 Å². The third-order valence-electron chi connectivity index (χ3n) is 3.25. The second kappa shape index (κ2) is 6.98. The summed E-state index contributed by atoms with van der Waals surface area (Å²) in [6.07, 6.45) is 3.26. The minimum Gasteiger partial charge on any atom is -0.476 e. The third-order valence-corrected chi connectivity index (χ3v) is 4.54. The molecule has 0 aliphatic rings. The topological polar surface area (TPSA) is 93.8 Å². The van der Waals surface area contributed by atoms with Gasteiger partial charge in [-0.15, -0.1) is 5.10 Å². The summed E-state index contributed by atoms with van der Waals surface area (Å²) in [5.41, 5.74) is 1.91. The van der Waals surface area contributed by atoms with Crippen LogP contribution in [0.4, 0.5) is 0 Å². The van der Waals surface area contributed by atoms with Crippen molar-refractivity contribution in [2.24, 2.45) is 0 Å². The molecule has 0 saturated heterocycles. The summed E-state index contributed by atoms with van der Waals surface area (Å²) in [6.45, 7) is 1.89. The number of hydrogen-bond acceptors (Lipinski definition) is 6. The molecule has 2 aromatic heterocycles. The lowest BCUT2D eigenvalue weighted by Gasteiger charge is -2.08. The summed E-state index contributed by atoms with van der Waals surface area (Å²) in [5, 5.41) is 18.2. The second-order valence-electron chi connectivity index (χ2n) is 4.86. The number of carboxylic acids is 1. The maximum absolute atomic E-state index is 11.4. The highest BCUT2D eigenvalue weighted by atomic mass is 35.5. The Balaban J connectivity index is 1.97. The van der Waals surface area contributed by atoms with Crippen molar-refractivity contribution < 1.29 is 9.90 Å². The van der Waals surface area contributed by atoms with Gasteiger partial charge in [0.1, 0.15) is 0 Å². The first-order valence-corrected chi connectivity index (χ1v) is 8.27. The summed E-state index contributed by atoms with van der Waals surface area (Å²) in [6, 6.07) is 7.10. The molecule has 1 N–H and O–H groups in total. The monoisotopic (exact) mass is 361 g/mol. The van der Waals surface area contributed by atoms with E-state index in [-0.39, 0.29) is 5.69 Å². The van der Waals surface area contributed by atoms with Crippen molar-refractivity contribution in [3.63, 3.8) is 0 Å². The fraction of sp³-hybridized carbons (Fsp3) is 0.133. The van der Waals surface area contributed by atoms with E-state index in [9.17, 15) is 9.90 Å². The fourth-order valence-corrected chi connectivity index (χ4v) is 2.98. The zero-order valence-electron chi connectivity index (χ0n) is 12.5. The van der Waals surface area contributed by atoms with Crippen LogP contribution in [0.15, 0.2) is 41.8 Å². The average molecular weight is 362 g/mol. The van der Waals surface area contributed by atoms with Gasteiger partial charge in [-0.3, -0.25) is 0 Å². The number of carboxylic acid groups (broad SMARTS) is 1. The van der Waals surface area contributed by atoms with E-state index < -0.39 is 5.97 Å². The Bertz CT molecular complexity index is 885. The van der Waals surface area contributed by atoms with Gasteiger partial charge >= 0.3 is 5.97 Å². The molecule has 0 bridgehead atoms. The molecule has 0 amide bonds.